The molecule has 0 aliphatic carbocycles. The van der Waals surface area contributed by atoms with Crippen LogP contribution >= 0.6 is 11.6 Å². The summed E-state index contributed by atoms with van der Waals surface area (Å²) in [7, 11) is 0. The largest absolute Gasteiger partial charge is 0.482 e. The van der Waals surface area contributed by atoms with E-state index >= 15 is 0 Å². The molecule has 1 rings (SSSR count). The molecule has 4 nitrogen and oxygen atoms in total. The van der Waals surface area contributed by atoms with Gasteiger partial charge in [0.05, 0.1) is 5.02 Å². The smallest absolute Gasteiger partial charge is 0.258 e. The molecule has 1 aromatic carbocycles. The lowest BCUT2D eigenvalue weighted by atomic mass is 10.1. The first-order valence-corrected chi connectivity index (χ1v) is 6.25. The van der Waals surface area contributed by atoms with Crippen molar-refractivity contribution < 1.29 is 9.53 Å². The van der Waals surface area contributed by atoms with Crippen molar-refractivity contribution in [1.82, 2.24) is 5.32 Å². The molecule has 0 heterocycles. The predicted octanol–water partition coefficient (Wildman–Crippen LogP) is 2.26. The van der Waals surface area contributed by atoms with Gasteiger partial charge in [0.1, 0.15) is 5.75 Å². The number of nitrogens with one attached hydrogen (secondary N) is 1. The predicted molar refractivity (Wildman–Crippen MR) is 72.8 cm³/mol. The molecule has 0 fully saturated rings. The number of carbonyl (C=O) groups is 1. The SMILES string of the molecule is CC(C)NC(=O)COc1ccc(C(C)N)cc1Cl. The van der Waals surface area contributed by atoms with Crippen molar-refractivity contribution >= 4 is 17.5 Å². The first kappa shape index (κ1) is 14.8. The second-order valence-electron chi connectivity index (χ2n) is 4.49. The topological polar surface area (TPSA) is 64.3 Å². The number of hydrogen-bond acceptors (Lipinski definition) is 3. The minimum Gasteiger partial charge on any atom is -0.482 e. The molecule has 0 spiro atoms. The fourth-order valence-corrected chi connectivity index (χ4v) is 1.67. The summed E-state index contributed by atoms with van der Waals surface area (Å²) in [5.41, 5.74) is 6.68. The van der Waals surface area contributed by atoms with E-state index in [1.54, 1.807) is 12.1 Å². The number of carbonyl (C=O) groups excluding carboxylic acids is 1. The Labute approximate surface area is 112 Å². The summed E-state index contributed by atoms with van der Waals surface area (Å²) >= 11 is 6.05. The van der Waals surface area contributed by atoms with Gasteiger partial charge < -0.3 is 15.8 Å². The zero-order chi connectivity index (χ0) is 13.7. The standard InChI is InChI=1S/C13H19ClN2O2/c1-8(2)16-13(17)7-18-12-5-4-10(9(3)15)6-11(12)14/h4-6,8-9H,7,15H2,1-3H3,(H,16,17). The number of rotatable bonds is 5. The molecule has 0 aromatic heterocycles. The fourth-order valence-electron chi connectivity index (χ4n) is 1.42. The highest BCUT2D eigenvalue weighted by Crippen LogP contribution is 2.27. The van der Waals surface area contributed by atoms with Gasteiger partial charge in [0, 0.05) is 12.1 Å². The maximum atomic E-state index is 11.4. The monoisotopic (exact) mass is 270 g/mol. The summed E-state index contributed by atoms with van der Waals surface area (Å²) in [6.07, 6.45) is 0. The molecule has 0 bridgehead atoms. The molecule has 100 valence electrons. The second kappa shape index (κ2) is 6.61. The Hall–Kier alpha value is -1.26. The molecule has 0 radical (unpaired) electrons. The van der Waals surface area contributed by atoms with E-state index in [1.165, 1.54) is 0 Å². The Kier molecular flexibility index (Phi) is 5.44. The fraction of sp³-hybridized carbons (Fsp3) is 0.462. The molecule has 3 N–H and O–H groups in total. The first-order chi connectivity index (χ1) is 8.40. The average molecular weight is 271 g/mol. The highest BCUT2D eigenvalue weighted by atomic mass is 35.5. The first-order valence-electron chi connectivity index (χ1n) is 5.87. The Bertz CT molecular complexity index is 419. The molecule has 1 aromatic rings. The lowest BCUT2D eigenvalue weighted by Gasteiger charge is -2.12. The zero-order valence-electron chi connectivity index (χ0n) is 10.9. The van der Waals surface area contributed by atoms with Crippen molar-refractivity contribution in [2.75, 3.05) is 6.61 Å². The van der Waals surface area contributed by atoms with Gasteiger partial charge in [-0.3, -0.25) is 4.79 Å². The van der Waals surface area contributed by atoms with Crippen LogP contribution in [0.5, 0.6) is 5.75 Å². The molecular formula is C13H19ClN2O2. The summed E-state index contributed by atoms with van der Waals surface area (Å²) in [5.74, 6) is 0.317. The van der Waals surface area contributed by atoms with Crippen molar-refractivity contribution in [3.05, 3.63) is 28.8 Å². The summed E-state index contributed by atoms with van der Waals surface area (Å²) < 4.78 is 5.35. The van der Waals surface area contributed by atoms with Crippen LogP contribution in [0.25, 0.3) is 0 Å². The zero-order valence-corrected chi connectivity index (χ0v) is 11.6. The molecule has 1 unspecified atom stereocenters. The van der Waals surface area contributed by atoms with Crippen LogP contribution in [0.2, 0.25) is 5.02 Å². The Balaban J connectivity index is 2.60. The van der Waals surface area contributed by atoms with E-state index in [0.717, 1.165) is 5.56 Å². The molecule has 0 aliphatic heterocycles. The lowest BCUT2D eigenvalue weighted by molar-refractivity contribution is -0.123. The van der Waals surface area contributed by atoms with Gasteiger partial charge in [-0.25, -0.2) is 0 Å². The van der Waals surface area contributed by atoms with Gasteiger partial charge in [0.25, 0.3) is 5.91 Å². The quantitative estimate of drug-likeness (QED) is 0.863. The molecule has 5 heteroatoms. The van der Waals surface area contributed by atoms with E-state index in [4.69, 9.17) is 22.1 Å². The normalized spacial score (nSPS) is 12.3. The van der Waals surface area contributed by atoms with Crippen LogP contribution in [0.3, 0.4) is 0 Å². The summed E-state index contributed by atoms with van der Waals surface area (Å²) in [4.78, 5) is 11.4. The Morgan fingerprint density at radius 3 is 2.61 bits per heavy atom. The summed E-state index contributed by atoms with van der Waals surface area (Å²) in [5, 5.41) is 3.20. The third-order valence-corrected chi connectivity index (χ3v) is 2.59. The third kappa shape index (κ3) is 4.55. The van der Waals surface area contributed by atoms with Crippen molar-refractivity contribution in [3.8, 4) is 5.75 Å². The van der Waals surface area contributed by atoms with Crippen LogP contribution in [0.4, 0.5) is 0 Å². The summed E-state index contributed by atoms with van der Waals surface area (Å²) in [6.45, 7) is 5.61. The van der Waals surface area contributed by atoms with E-state index in [-0.39, 0.29) is 24.6 Å². The Morgan fingerprint density at radius 1 is 1.44 bits per heavy atom. The maximum absolute atomic E-state index is 11.4. The minimum absolute atomic E-state index is 0.0462. The highest BCUT2D eigenvalue weighted by molar-refractivity contribution is 6.32. The molecule has 0 saturated carbocycles. The van der Waals surface area contributed by atoms with Gasteiger partial charge in [0.15, 0.2) is 6.61 Å². The number of hydrogen-bond donors (Lipinski definition) is 2. The van der Waals surface area contributed by atoms with Crippen LogP contribution in [-0.2, 0) is 4.79 Å². The number of amides is 1. The maximum Gasteiger partial charge on any atom is 0.258 e. The van der Waals surface area contributed by atoms with Crippen LogP contribution < -0.4 is 15.8 Å². The highest BCUT2D eigenvalue weighted by Gasteiger charge is 2.08. The van der Waals surface area contributed by atoms with E-state index in [9.17, 15) is 4.79 Å². The van der Waals surface area contributed by atoms with E-state index in [2.05, 4.69) is 5.32 Å². The lowest BCUT2D eigenvalue weighted by Crippen LogP contribution is -2.34. The minimum atomic E-state index is -0.169. The number of nitrogens with two attached hydrogens (primary N) is 1. The van der Waals surface area contributed by atoms with Crippen molar-refractivity contribution in [3.63, 3.8) is 0 Å². The van der Waals surface area contributed by atoms with Gasteiger partial charge in [-0.1, -0.05) is 17.7 Å². The van der Waals surface area contributed by atoms with Crippen molar-refractivity contribution in [2.45, 2.75) is 32.9 Å². The van der Waals surface area contributed by atoms with Gasteiger partial charge in [-0.15, -0.1) is 0 Å². The molecule has 18 heavy (non-hydrogen) atoms. The van der Waals surface area contributed by atoms with Crippen molar-refractivity contribution in [2.24, 2.45) is 5.73 Å². The average Bonchev–Trinajstić information content (AvgIpc) is 2.26. The van der Waals surface area contributed by atoms with Gasteiger partial charge in [-0.05, 0) is 38.5 Å². The molecule has 1 amide bonds. The van der Waals surface area contributed by atoms with E-state index in [1.807, 2.05) is 26.8 Å². The van der Waals surface area contributed by atoms with E-state index < -0.39 is 0 Å². The third-order valence-electron chi connectivity index (χ3n) is 2.29. The number of halogens is 1. The van der Waals surface area contributed by atoms with Crippen LogP contribution in [0.1, 0.15) is 32.4 Å². The van der Waals surface area contributed by atoms with Crippen LogP contribution in [-0.4, -0.2) is 18.6 Å². The van der Waals surface area contributed by atoms with E-state index in [0.29, 0.717) is 10.8 Å². The number of benzene rings is 1. The van der Waals surface area contributed by atoms with Crippen molar-refractivity contribution in [1.29, 1.82) is 0 Å². The molecule has 1 atom stereocenters. The van der Waals surface area contributed by atoms with Crippen LogP contribution in [0, 0.1) is 0 Å². The molecule has 0 saturated heterocycles. The van der Waals surface area contributed by atoms with Crippen LogP contribution in [0.15, 0.2) is 18.2 Å². The second-order valence-corrected chi connectivity index (χ2v) is 4.90. The summed E-state index contributed by atoms with van der Waals surface area (Å²) in [6, 6.07) is 5.33. The van der Waals surface area contributed by atoms with Gasteiger partial charge in [-0.2, -0.15) is 0 Å². The molecular weight excluding hydrogens is 252 g/mol. The van der Waals surface area contributed by atoms with Gasteiger partial charge >= 0.3 is 0 Å². The number of ether oxygens (including phenoxy) is 1. The van der Waals surface area contributed by atoms with Gasteiger partial charge in [0.2, 0.25) is 0 Å². The Morgan fingerprint density at radius 2 is 2.11 bits per heavy atom. The molecule has 0 aliphatic rings.